The Bertz CT molecular complexity index is 2750. The first-order chi connectivity index (χ1) is 24.8. The summed E-state index contributed by atoms with van der Waals surface area (Å²) in [5.41, 5.74) is 7.77. The maximum Gasteiger partial charge on any atom is 0.235 e. The topological polar surface area (TPSA) is 69.4 Å². The van der Waals surface area contributed by atoms with E-state index in [2.05, 4.69) is 102 Å². The summed E-state index contributed by atoms with van der Waals surface area (Å²) in [6.07, 6.45) is 0. The molecule has 0 aliphatic rings. The largest absolute Gasteiger partial charge is 0.278 e. The van der Waals surface area contributed by atoms with E-state index in [-0.39, 0.29) is 0 Å². The van der Waals surface area contributed by atoms with Crippen LogP contribution in [0, 0.1) is 0 Å². The van der Waals surface area contributed by atoms with Crippen molar-refractivity contribution >= 4 is 53.4 Å². The first-order valence-electron chi connectivity index (χ1n) is 16.4. The Kier molecular flexibility index (Phi) is 6.57. The van der Waals surface area contributed by atoms with Gasteiger partial charge in [-0.2, -0.15) is 0 Å². The average molecular weight is 659 g/mol. The van der Waals surface area contributed by atoms with Gasteiger partial charge in [0.1, 0.15) is 0 Å². The quantitative estimate of drug-likeness (QED) is 0.184. The molecule has 0 radical (unpaired) electrons. The molecule has 0 aliphatic heterocycles. The number of nitrogens with zero attached hydrogens (tertiary/aromatic N) is 6. The molecule has 0 amide bonds. The fraction of sp³-hybridized carbons (Fsp3) is 0. The Balaban J connectivity index is 1.16. The molecule has 0 atom stereocenters. The molecule has 0 bridgehead atoms. The number of fused-ring (bicyclic) bond motifs is 6. The van der Waals surface area contributed by atoms with Gasteiger partial charge in [0.25, 0.3) is 0 Å². The van der Waals surface area contributed by atoms with Crippen molar-refractivity contribution in [3.63, 3.8) is 0 Å². The van der Waals surface area contributed by atoms with Crippen LogP contribution < -0.4 is 0 Å². The van der Waals surface area contributed by atoms with Crippen molar-refractivity contribution in [2.75, 3.05) is 0 Å². The lowest BCUT2D eigenvalue weighted by molar-refractivity contribution is 1.02. The molecule has 0 saturated carbocycles. The lowest BCUT2D eigenvalue weighted by Crippen LogP contribution is -2.02. The number of benzene rings is 6. The number of hydrogen-bond donors (Lipinski definition) is 0. The van der Waals surface area contributed by atoms with E-state index in [1.807, 2.05) is 60.7 Å². The van der Waals surface area contributed by atoms with Gasteiger partial charge in [0.2, 0.25) is 5.95 Å². The monoisotopic (exact) mass is 658 g/mol. The second-order valence-electron chi connectivity index (χ2n) is 12.1. The highest BCUT2D eigenvalue weighted by Crippen LogP contribution is 2.40. The Labute approximate surface area is 291 Å². The summed E-state index contributed by atoms with van der Waals surface area (Å²) in [7, 11) is 0. The van der Waals surface area contributed by atoms with Gasteiger partial charge >= 0.3 is 0 Å². The second-order valence-corrected chi connectivity index (χ2v) is 13.2. The number of aromatic nitrogens is 6. The second kappa shape index (κ2) is 11.5. The summed E-state index contributed by atoms with van der Waals surface area (Å²) in [6, 6.07) is 53.9. The molecule has 10 rings (SSSR count). The third-order valence-electron chi connectivity index (χ3n) is 9.10. The van der Waals surface area contributed by atoms with Crippen LogP contribution in [0.3, 0.4) is 0 Å². The van der Waals surface area contributed by atoms with Crippen LogP contribution in [0.4, 0.5) is 0 Å². The van der Waals surface area contributed by atoms with E-state index in [1.165, 1.54) is 15.5 Å². The predicted octanol–water partition coefficient (Wildman–Crippen LogP) is 10.8. The van der Waals surface area contributed by atoms with Crippen LogP contribution in [0.15, 0.2) is 158 Å². The molecule has 0 aliphatic carbocycles. The number of hydrogen-bond acceptors (Lipinski definition) is 6. The molecule has 0 unspecified atom stereocenters. The Morgan fingerprint density at radius 2 is 0.840 bits per heavy atom. The number of thiophene rings is 1. The summed E-state index contributed by atoms with van der Waals surface area (Å²) in [5.74, 6) is 2.54. The van der Waals surface area contributed by atoms with Crippen LogP contribution in [0.25, 0.3) is 93.5 Å². The van der Waals surface area contributed by atoms with E-state index < -0.39 is 0 Å². The first-order valence-corrected chi connectivity index (χ1v) is 17.3. The van der Waals surface area contributed by atoms with Crippen molar-refractivity contribution in [1.82, 2.24) is 29.5 Å². The molecule has 50 heavy (non-hydrogen) atoms. The van der Waals surface area contributed by atoms with Crippen molar-refractivity contribution in [2.45, 2.75) is 0 Å². The Morgan fingerprint density at radius 3 is 1.42 bits per heavy atom. The molecule has 0 saturated heterocycles. The third-order valence-corrected chi connectivity index (χ3v) is 10.3. The highest BCUT2D eigenvalue weighted by molar-refractivity contribution is 7.26. The molecule has 4 aromatic heterocycles. The molecule has 6 nitrogen and oxygen atoms in total. The summed E-state index contributed by atoms with van der Waals surface area (Å²) in [5, 5.41) is 3.48. The average Bonchev–Trinajstić information content (AvgIpc) is 3.74. The maximum atomic E-state index is 5.34. The van der Waals surface area contributed by atoms with Crippen molar-refractivity contribution in [3.05, 3.63) is 158 Å². The van der Waals surface area contributed by atoms with Gasteiger partial charge in [-0.05, 0) is 18.2 Å². The lowest BCUT2D eigenvalue weighted by atomic mass is 10.1. The summed E-state index contributed by atoms with van der Waals surface area (Å²) < 4.78 is 4.43. The van der Waals surface area contributed by atoms with Gasteiger partial charge in [0, 0.05) is 43.1 Å². The van der Waals surface area contributed by atoms with Gasteiger partial charge in [-0.15, -0.1) is 11.3 Å². The summed E-state index contributed by atoms with van der Waals surface area (Å²) in [6.45, 7) is 0. The minimum atomic E-state index is 0.616. The van der Waals surface area contributed by atoms with E-state index in [0.717, 1.165) is 54.6 Å². The van der Waals surface area contributed by atoms with Crippen molar-refractivity contribution < 1.29 is 0 Å². The van der Waals surface area contributed by atoms with Crippen LogP contribution >= 0.6 is 11.3 Å². The summed E-state index contributed by atoms with van der Waals surface area (Å²) >= 11 is 1.73. The zero-order valence-corrected chi connectivity index (χ0v) is 27.4. The molecule has 234 valence electrons. The van der Waals surface area contributed by atoms with Crippen molar-refractivity contribution in [3.8, 4) is 51.4 Å². The standard InChI is InChI=1S/C43H26N6S/c1-3-13-28(14-4-1)40-46-41(29-15-5-2-6-16-29)48-42(47-40)30-25-23-27(24-26-30)37-39-38(33-19-9-12-22-36(33)50-39)45-43(44-37)49-34-20-10-7-17-31(34)32-18-8-11-21-35(32)49/h1-26H. The van der Waals surface area contributed by atoms with Crippen molar-refractivity contribution in [1.29, 1.82) is 0 Å². The number of para-hydroxylation sites is 2. The normalized spacial score (nSPS) is 11.6. The number of rotatable bonds is 5. The fourth-order valence-corrected chi connectivity index (χ4v) is 7.88. The van der Waals surface area contributed by atoms with Crippen LogP contribution in [0.5, 0.6) is 0 Å². The molecule has 0 fully saturated rings. The van der Waals surface area contributed by atoms with E-state index in [1.54, 1.807) is 11.3 Å². The van der Waals surface area contributed by atoms with Gasteiger partial charge in [-0.1, -0.05) is 140 Å². The molecular weight excluding hydrogens is 633 g/mol. The van der Waals surface area contributed by atoms with Crippen LogP contribution in [-0.4, -0.2) is 29.5 Å². The lowest BCUT2D eigenvalue weighted by Gasteiger charge is -2.11. The summed E-state index contributed by atoms with van der Waals surface area (Å²) in [4.78, 5) is 25.3. The van der Waals surface area contributed by atoms with Gasteiger partial charge in [-0.3, -0.25) is 4.57 Å². The zero-order valence-electron chi connectivity index (χ0n) is 26.6. The van der Waals surface area contributed by atoms with E-state index in [4.69, 9.17) is 24.9 Å². The minimum Gasteiger partial charge on any atom is -0.278 e. The fourth-order valence-electron chi connectivity index (χ4n) is 6.73. The molecule has 10 aromatic rings. The molecular formula is C43H26N6S. The predicted molar refractivity (Wildman–Crippen MR) is 204 cm³/mol. The smallest absolute Gasteiger partial charge is 0.235 e. The molecule has 6 aromatic carbocycles. The minimum absolute atomic E-state index is 0.616. The van der Waals surface area contributed by atoms with Crippen LogP contribution in [-0.2, 0) is 0 Å². The SMILES string of the molecule is c1ccc(-c2nc(-c3ccccc3)nc(-c3ccc(-c4nc(-n5c6ccccc6c6ccccc65)nc5c4sc4ccccc45)cc3)n2)cc1. The maximum absolute atomic E-state index is 5.34. The van der Waals surface area contributed by atoms with Gasteiger partial charge in [-0.25, -0.2) is 24.9 Å². The van der Waals surface area contributed by atoms with E-state index in [0.29, 0.717) is 23.4 Å². The van der Waals surface area contributed by atoms with Crippen molar-refractivity contribution in [2.24, 2.45) is 0 Å². The molecule has 0 spiro atoms. The Hall–Kier alpha value is -6.57. The molecule has 4 heterocycles. The first kappa shape index (κ1) is 28.4. The highest BCUT2D eigenvalue weighted by atomic mass is 32.1. The third kappa shape index (κ3) is 4.67. The Morgan fingerprint density at radius 1 is 0.380 bits per heavy atom. The van der Waals surface area contributed by atoms with Gasteiger partial charge < -0.3 is 0 Å². The van der Waals surface area contributed by atoms with Gasteiger partial charge in [0.15, 0.2) is 17.5 Å². The van der Waals surface area contributed by atoms with E-state index >= 15 is 0 Å². The zero-order chi connectivity index (χ0) is 33.0. The molecule has 7 heteroatoms. The van der Waals surface area contributed by atoms with Crippen LogP contribution in [0.1, 0.15) is 0 Å². The molecule has 0 N–H and O–H groups in total. The van der Waals surface area contributed by atoms with Gasteiger partial charge in [0.05, 0.1) is 26.9 Å². The van der Waals surface area contributed by atoms with E-state index in [9.17, 15) is 0 Å². The van der Waals surface area contributed by atoms with Crippen LogP contribution in [0.2, 0.25) is 0 Å². The highest BCUT2D eigenvalue weighted by Gasteiger charge is 2.20.